The Labute approximate surface area is 133 Å². The average molecular weight is 324 g/mol. The number of ether oxygens (including phenoxy) is 1. The first-order valence-corrected chi connectivity index (χ1v) is 7.25. The van der Waals surface area contributed by atoms with Gasteiger partial charge in [0, 0.05) is 11.8 Å². The van der Waals surface area contributed by atoms with Crippen molar-refractivity contribution in [3.63, 3.8) is 0 Å². The van der Waals surface area contributed by atoms with Crippen LogP contribution in [0.1, 0.15) is 19.1 Å². The summed E-state index contributed by atoms with van der Waals surface area (Å²) in [5.74, 6) is 1.43. The molecule has 1 aromatic heterocycles. The van der Waals surface area contributed by atoms with E-state index in [2.05, 4.69) is 15.8 Å². The van der Waals surface area contributed by atoms with Gasteiger partial charge in [-0.3, -0.25) is 4.79 Å². The number of aryl methyl sites for hydroxylation is 1. The minimum Gasteiger partial charge on any atom is -0.495 e. The molecule has 7 heteroatoms. The van der Waals surface area contributed by atoms with Crippen LogP contribution in [0.5, 0.6) is 5.75 Å². The van der Waals surface area contributed by atoms with Crippen LogP contribution in [0.3, 0.4) is 0 Å². The maximum atomic E-state index is 12.3. The quantitative estimate of drug-likeness (QED) is 0.851. The second kappa shape index (κ2) is 7.17. The number of nitrogens with one attached hydrogen (secondary N) is 2. The lowest BCUT2D eigenvalue weighted by Gasteiger charge is -2.17. The second-order valence-corrected chi connectivity index (χ2v) is 5.17. The Morgan fingerprint density at radius 2 is 2.23 bits per heavy atom. The molecule has 0 spiro atoms. The highest BCUT2D eigenvalue weighted by molar-refractivity contribution is 6.32. The van der Waals surface area contributed by atoms with Crippen LogP contribution >= 0.6 is 11.6 Å². The highest BCUT2D eigenvalue weighted by Gasteiger charge is 2.18. The molecule has 1 unspecified atom stereocenters. The number of methoxy groups -OCH3 is 1. The number of benzene rings is 1. The van der Waals surface area contributed by atoms with E-state index in [9.17, 15) is 4.79 Å². The molecule has 118 valence electrons. The molecular weight excluding hydrogens is 306 g/mol. The standard InChI is InChI=1S/C15H18ClN3O3/c1-4-12(15(20)18-14-7-9(2)22-19-14)17-10-5-6-13(21-3)11(16)8-10/h5-8,12,17H,4H2,1-3H3,(H,18,19,20). The second-order valence-electron chi connectivity index (χ2n) is 4.77. The number of rotatable bonds is 6. The van der Waals surface area contributed by atoms with E-state index in [1.807, 2.05) is 6.92 Å². The van der Waals surface area contributed by atoms with Gasteiger partial charge in [0.05, 0.1) is 12.1 Å². The normalized spacial score (nSPS) is 11.8. The van der Waals surface area contributed by atoms with Crippen molar-refractivity contribution in [1.29, 1.82) is 0 Å². The van der Waals surface area contributed by atoms with Crippen molar-refractivity contribution >= 4 is 29.0 Å². The smallest absolute Gasteiger partial charge is 0.248 e. The molecule has 0 fully saturated rings. The minimum atomic E-state index is -0.415. The number of hydrogen-bond acceptors (Lipinski definition) is 5. The number of aromatic nitrogens is 1. The summed E-state index contributed by atoms with van der Waals surface area (Å²) < 4.78 is 10.0. The van der Waals surface area contributed by atoms with Crippen LogP contribution in [0, 0.1) is 6.92 Å². The summed E-state index contributed by atoms with van der Waals surface area (Å²) in [6.07, 6.45) is 0.603. The number of hydrogen-bond donors (Lipinski definition) is 2. The Bertz CT molecular complexity index is 657. The average Bonchev–Trinajstić information content (AvgIpc) is 2.90. The lowest BCUT2D eigenvalue weighted by Crippen LogP contribution is -2.34. The first kappa shape index (κ1) is 16.2. The van der Waals surface area contributed by atoms with Gasteiger partial charge in [-0.15, -0.1) is 0 Å². The summed E-state index contributed by atoms with van der Waals surface area (Å²) in [4.78, 5) is 12.3. The lowest BCUT2D eigenvalue weighted by molar-refractivity contribution is -0.117. The van der Waals surface area contributed by atoms with E-state index in [0.29, 0.717) is 28.8 Å². The largest absolute Gasteiger partial charge is 0.495 e. The molecule has 2 N–H and O–H groups in total. The van der Waals surface area contributed by atoms with Crippen LogP contribution in [-0.4, -0.2) is 24.2 Å². The van der Waals surface area contributed by atoms with Crippen LogP contribution in [0.4, 0.5) is 11.5 Å². The lowest BCUT2D eigenvalue weighted by atomic mass is 10.2. The third-order valence-corrected chi connectivity index (χ3v) is 3.39. The van der Waals surface area contributed by atoms with Crippen molar-refractivity contribution in [3.05, 3.63) is 35.0 Å². The van der Waals surface area contributed by atoms with Gasteiger partial charge in [0.25, 0.3) is 0 Å². The zero-order valence-electron chi connectivity index (χ0n) is 12.6. The Morgan fingerprint density at radius 3 is 2.77 bits per heavy atom. The Balaban J connectivity index is 2.04. The highest BCUT2D eigenvalue weighted by atomic mass is 35.5. The number of nitrogens with zero attached hydrogens (tertiary/aromatic N) is 1. The van der Waals surface area contributed by atoms with Gasteiger partial charge in [0.15, 0.2) is 5.82 Å². The summed E-state index contributed by atoms with van der Waals surface area (Å²) in [6.45, 7) is 3.67. The van der Waals surface area contributed by atoms with Gasteiger partial charge in [-0.1, -0.05) is 23.7 Å². The Morgan fingerprint density at radius 1 is 1.45 bits per heavy atom. The maximum Gasteiger partial charge on any atom is 0.248 e. The molecule has 0 aliphatic heterocycles. The topological polar surface area (TPSA) is 76.4 Å². The monoisotopic (exact) mass is 323 g/mol. The van der Waals surface area contributed by atoms with Crippen LogP contribution in [0.25, 0.3) is 0 Å². The molecule has 0 bridgehead atoms. The van der Waals surface area contributed by atoms with E-state index in [0.717, 1.165) is 5.69 Å². The molecule has 1 amide bonds. The Kier molecular flexibility index (Phi) is 5.27. The summed E-state index contributed by atoms with van der Waals surface area (Å²) in [5.41, 5.74) is 0.740. The first-order chi connectivity index (χ1) is 10.5. The van der Waals surface area contributed by atoms with E-state index in [1.54, 1.807) is 38.3 Å². The van der Waals surface area contributed by atoms with E-state index in [4.69, 9.17) is 20.9 Å². The fourth-order valence-electron chi connectivity index (χ4n) is 1.95. The van der Waals surface area contributed by atoms with E-state index in [1.165, 1.54) is 0 Å². The van der Waals surface area contributed by atoms with Gasteiger partial charge < -0.3 is 19.9 Å². The summed E-state index contributed by atoms with van der Waals surface area (Å²) in [5, 5.41) is 10.1. The van der Waals surface area contributed by atoms with Gasteiger partial charge in [0.1, 0.15) is 17.6 Å². The molecule has 0 saturated heterocycles. The first-order valence-electron chi connectivity index (χ1n) is 6.87. The van der Waals surface area contributed by atoms with Crippen LogP contribution < -0.4 is 15.4 Å². The predicted octanol–water partition coefficient (Wildman–Crippen LogP) is 3.47. The van der Waals surface area contributed by atoms with Gasteiger partial charge in [-0.2, -0.15) is 0 Å². The molecule has 1 heterocycles. The number of halogens is 1. The highest BCUT2D eigenvalue weighted by Crippen LogP contribution is 2.27. The molecule has 0 aliphatic rings. The molecule has 1 atom stereocenters. The van der Waals surface area contributed by atoms with E-state index in [-0.39, 0.29) is 5.91 Å². The molecule has 1 aromatic carbocycles. The molecular formula is C15H18ClN3O3. The van der Waals surface area contributed by atoms with Crippen molar-refractivity contribution in [3.8, 4) is 5.75 Å². The van der Waals surface area contributed by atoms with E-state index < -0.39 is 6.04 Å². The van der Waals surface area contributed by atoms with Gasteiger partial charge in [0.2, 0.25) is 5.91 Å². The molecule has 22 heavy (non-hydrogen) atoms. The zero-order chi connectivity index (χ0) is 16.1. The third-order valence-electron chi connectivity index (χ3n) is 3.10. The van der Waals surface area contributed by atoms with Crippen molar-refractivity contribution < 1.29 is 14.1 Å². The maximum absolute atomic E-state index is 12.3. The molecule has 0 saturated carbocycles. The van der Waals surface area contributed by atoms with Crippen molar-refractivity contribution in [2.45, 2.75) is 26.3 Å². The Hall–Kier alpha value is -2.21. The fourth-order valence-corrected chi connectivity index (χ4v) is 2.21. The van der Waals surface area contributed by atoms with Crippen molar-refractivity contribution in [1.82, 2.24) is 5.16 Å². The summed E-state index contributed by atoms with van der Waals surface area (Å²) in [7, 11) is 1.55. The minimum absolute atomic E-state index is 0.192. The molecule has 2 aromatic rings. The number of anilines is 2. The van der Waals surface area contributed by atoms with Crippen molar-refractivity contribution in [2.75, 3.05) is 17.7 Å². The van der Waals surface area contributed by atoms with Gasteiger partial charge >= 0.3 is 0 Å². The summed E-state index contributed by atoms with van der Waals surface area (Å²) >= 11 is 6.08. The van der Waals surface area contributed by atoms with Crippen LogP contribution in [-0.2, 0) is 4.79 Å². The molecule has 6 nitrogen and oxygen atoms in total. The van der Waals surface area contributed by atoms with Gasteiger partial charge in [-0.25, -0.2) is 0 Å². The van der Waals surface area contributed by atoms with Crippen LogP contribution in [0.15, 0.2) is 28.8 Å². The summed E-state index contributed by atoms with van der Waals surface area (Å²) in [6, 6.07) is 6.52. The number of carbonyl (C=O) groups is 1. The molecule has 0 radical (unpaired) electrons. The zero-order valence-corrected chi connectivity index (χ0v) is 13.4. The van der Waals surface area contributed by atoms with Gasteiger partial charge in [-0.05, 0) is 31.5 Å². The molecule has 0 aliphatic carbocycles. The number of carbonyl (C=O) groups excluding carboxylic acids is 1. The fraction of sp³-hybridized carbons (Fsp3) is 0.333. The molecule has 2 rings (SSSR count). The van der Waals surface area contributed by atoms with Crippen molar-refractivity contribution in [2.24, 2.45) is 0 Å². The SMILES string of the molecule is CCC(Nc1ccc(OC)c(Cl)c1)C(=O)Nc1cc(C)on1. The van der Waals surface area contributed by atoms with E-state index >= 15 is 0 Å². The third kappa shape index (κ3) is 3.92. The number of amides is 1. The predicted molar refractivity (Wildman–Crippen MR) is 85.6 cm³/mol. The van der Waals surface area contributed by atoms with Crippen LogP contribution in [0.2, 0.25) is 5.02 Å².